The van der Waals surface area contributed by atoms with E-state index in [1.54, 1.807) is 0 Å². The summed E-state index contributed by atoms with van der Waals surface area (Å²) in [5.41, 5.74) is 0.138. The number of aliphatic carboxylic acids is 1. The molecule has 2 rings (SSSR count). The Kier molecular flexibility index (Phi) is 6.64. The van der Waals surface area contributed by atoms with Gasteiger partial charge in [-0.1, -0.05) is 32.9 Å². The molecule has 1 aliphatic rings. The van der Waals surface area contributed by atoms with E-state index in [1.807, 2.05) is 24.3 Å². The van der Waals surface area contributed by atoms with E-state index in [4.69, 9.17) is 9.47 Å². The largest absolute Gasteiger partial charge is 0.494 e. The lowest BCUT2D eigenvalue weighted by Crippen LogP contribution is -2.57. The van der Waals surface area contributed by atoms with Gasteiger partial charge in [-0.15, -0.1) is 0 Å². The minimum absolute atomic E-state index is 0.0981. The summed E-state index contributed by atoms with van der Waals surface area (Å²) in [4.78, 5) is 23.6. The minimum Gasteiger partial charge on any atom is -0.494 e. The molecule has 144 valence electrons. The quantitative estimate of drug-likeness (QED) is 0.728. The highest BCUT2D eigenvalue weighted by Gasteiger charge is 2.41. The predicted molar refractivity (Wildman–Crippen MR) is 98.4 cm³/mol. The van der Waals surface area contributed by atoms with E-state index < -0.39 is 11.5 Å². The summed E-state index contributed by atoms with van der Waals surface area (Å²) in [5.74, 6) is -0.491. The van der Waals surface area contributed by atoms with Crippen LogP contribution >= 0.6 is 0 Å². The summed E-state index contributed by atoms with van der Waals surface area (Å²) in [6, 6.07) is 7.96. The topological polar surface area (TPSA) is 84.9 Å². The van der Waals surface area contributed by atoms with Crippen LogP contribution in [0, 0.1) is 0 Å². The number of amides is 1. The number of ether oxygens (including phenoxy) is 2. The van der Waals surface area contributed by atoms with Crippen LogP contribution in [-0.4, -0.2) is 42.3 Å². The number of carboxylic acids is 1. The summed E-state index contributed by atoms with van der Waals surface area (Å²) in [6.07, 6.45) is 1.35. The molecule has 1 fully saturated rings. The van der Waals surface area contributed by atoms with Gasteiger partial charge in [0.05, 0.1) is 6.61 Å². The van der Waals surface area contributed by atoms with Crippen LogP contribution in [0.3, 0.4) is 0 Å². The zero-order valence-corrected chi connectivity index (χ0v) is 15.8. The van der Waals surface area contributed by atoms with Gasteiger partial charge in [0.1, 0.15) is 11.3 Å². The lowest BCUT2D eigenvalue weighted by Gasteiger charge is -2.33. The van der Waals surface area contributed by atoms with Gasteiger partial charge in [0.25, 0.3) is 0 Å². The summed E-state index contributed by atoms with van der Waals surface area (Å²) < 4.78 is 10.9. The molecule has 1 aromatic rings. The van der Waals surface area contributed by atoms with Gasteiger partial charge < -0.3 is 19.9 Å². The van der Waals surface area contributed by atoms with Crippen LogP contribution in [-0.2, 0) is 19.7 Å². The Morgan fingerprint density at radius 1 is 1.19 bits per heavy atom. The zero-order valence-electron chi connectivity index (χ0n) is 15.8. The van der Waals surface area contributed by atoms with E-state index in [9.17, 15) is 14.7 Å². The molecule has 26 heavy (non-hydrogen) atoms. The molecule has 1 heterocycles. The van der Waals surface area contributed by atoms with E-state index in [-0.39, 0.29) is 17.7 Å². The average Bonchev–Trinajstić information content (AvgIpc) is 2.59. The Balaban J connectivity index is 1.75. The van der Waals surface area contributed by atoms with Crippen molar-refractivity contribution in [1.82, 2.24) is 5.32 Å². The van der Waals surface area contributed by atoms with E-state index >= 15 is 0 Å². The van der Waals surface area contributed by atoms with E-state index in [2.05, 4.69) is 26.1 Å². The molecular formula is C20H29NO5. The Morgan fingerprint density at radius 2 is 1.81 bits per heavy atom. The van der Waals surface area contributed by atoms with Crippen molar-refractivity contribution in [2.75, 3.05) is 19.8 Å². The second kappa shape index (κ2) is 8.54. The van der Waals surface area contributed by atoms with Crippen molar-refractivity contribution in [1.29, 1.82) is 0 Å². The second-order valence-electron chi connectivity index (χ2n) is 7.77. The highest BCUT2D eigenvalue weighted by molar-refractivity contribution is 5.87. The maximum Gasteiger partial charge on any atom is 0.329 e. The number of nitrogens with one attached hydrogen (secondary N) is 1. The number of carbonyl (C=O) groups is 2. The molecule has 2 N–H and O–H groups in total. The molecule has 6 nitrogen and oxygen atoms in total. The molecule has 6 heteroatoms. The molecular weight excluding hydrogens is 334 g/mol. The first-order valence-electron chi connectivity index (χ1n) is 9.08. The standard InChI is InChI=1S/C20H29NO5/c1-19(2,3)15-6-8-16(9-7-15)26-12-4-5-17(22)21-20(18(23)24)10-13-25-14-11-20/h6-9H,4-5,10-14H2,1-3H3,(H,21,22)(H,23,24). The lowest BCUT2D eigenvalue weighted by molar-refractivity contribution is -0.152. The second-order valence-corrected chi connectivity index (χ2v) is 7.77. The first-order valence-corrected chi connectivity index (χ1v) is 9.08. The molecule has 0 saturated carbocycles. The first kappa shape index (κ1) is 20.2. The third kappa shape index (κ3) is 5.46. The maximum atomic E-state index is 12.1. The number of carboxylic acid groups (broad SMARTS) is 1. The van der Waals surface area contributed by atoms with Crippen LogP contribution in [0.15, 0.2) is 24.3 Å². The fourth-order valence-corrected chi connectivity index (χ4v) is 2.92. The highest BCUT2D eigenvalue weighted by atomic mass is 16.5. The highest BCUT2D eigenvalue weighted by Crippen LogP contribution is 2.24. The Labute approximate surface area is 154 Å². The van der Waals surface area contributed by atoms with Crippen molar-refractivity contribution in [3.63, 3.8) is 0 Å². The van der Waals surface area contributed by atoms with E-state index in [1.165, 1.54) is 5.56 Å². The van der Waals surface area contributed by atoms with Gasteiger partial charge >= 0.3 is 5.97 Å². The van der Waals surface area contributed by atoms with Crippen LogP contribution in [0.4, 0.5) is 0 Å². The molecule has 0 aliphatic carbocycles. The summed E-state index contributed by atoms with van der Waals surface area (Å²) in [6.45, 7) is 7.57. The van der Waals surface area contributed by atoms with Gasteiger partial charge in [0.2, 0.25) is 5.91 Å². The molecule has 1 aromatic carbocycles. The van der Waals surface area contributed by atoms with Crippen LogP contribution in [0.25, 0.3) is 0 Å². The Bertz CT molecular complexity index is 612. The van der Waals surface area contributed by atoms with Crippen molar-refractivity contribution in [2.24, 2.45) is 0 Å². The van der Waals surface area contributed by atoms with Gasteiger partial charge in [0.15, 0.2) is 0 Å². The first-order chi connectivity index (χ1) is 12.2. The number of hydrogen-bond donors (Lipinski definition) is 2. The predicted octanol–water partition coefficient (Wildman–Crippen LogP) is 2.89. The van der Waals surface area contributed by atoms with Gasteiger partial charge in [-0.3, -0.25) is 4.79 Å². The van der Waals surface area contributed by atoms with Crippen molar-refractivity contribution in [2.45, 2.75) is 57.4 Å². The Hall–Kier alpha value is -2.08. The van der Waals surface area contributed by atoms with E-state index in [0.29, 0.717) is 39.1 Å². The number of rotatable bonds is 7. The van der Waals surface area contributed by atoms with E-state index in [0.717, 1.165) is 5.75 Å². The molecule has 0 spiro atoms. The SMILES string of the molecule is CC(C)(C)c1ccc(OCCCC(=O)NC2(C(=O)O)CCOCC2)cc1. The molecule has 1 aliphatic heterocycles. The third-order valence-electron chi connectivity index (χ3n) is 4.67. The minimum atomic E-state index is -1.20. The molecule has 1 amide bonds. The molecule has 0 unspecified atom stereocenters. The van der Waals surface area contributed by atoms with Crippen molar-refractivity contribution >= 4 is 11.9 Å². The zero-order chi connectivity index (χ0) is 19.2. The molecule has 1 saturated heterocycles. The van der Waals surface area contributed by atoms with Crippen molar-refractivity contribution in [3.8, 4) is 5.75 Å². The van der Waals surface area contributed by atoms with Crippen LogP contribution < -0.4 is 10.1 Å². The number of benzene rings is 1. The Morgan fingerprint density at radius 3 is 2.35 bits per heavy atom. The fourth-order valence-electron chi connectivity index (χ4n) is 2.92. The lowest BCUT2D eigenvalue weighted by atomic mass is 9.87. The van der Waals surface area contributed by atoms with Crippen molar-refractivity contribution < 1.29 is 24.2 Å². The van der Waals surface area contributed by atoms with Crippen molar-refractivity contribution in [3.05, 3.63) is 29.8 Å². The third-order valence-corrected chi connectivity index (χ3v) is 4.67. The summed E-state index contributed by atoms with van der Waals surface area (Å²) in [7, 11) is 0. The molecule has 0 atom stereocenters. The number of carbonyl (C=O) groups excluding carboxylic acids is 1. The van der Waals surface area contributed by atoms with Gasteiger partial charge in [-0.2, -0.15) is 0 Å². The molecule has 0 aromatic heterocycles. The number of hydrogen-bond acceptors (Lipinski definition) is 4. The van der Waals surface area contributed by atoms with Crippen LogP contribution in [0.5, 0.6) is 5.75 Å². The van der Waals surface area contributed by atoms with Gasteiger partial charge in [-0.05, 0) is 29.5 Å². The average molecular weight is 363 g/mol. The maximum absolute atomic E-state index is 12.1. The van der Waals surface area contributed by atoms with Gasteiger partial charge in [0, 0.05) is 32.5 Å². The van der Waals surface area contributed by atoms with Crippen LogP contribution in [0.2, 0.25) is 0 Å². The normalized spacial score (nSPS) is 16.7. The monoisotopic (exact) mass is 363 g/mol. The fraction of sp³-hybridized carbons (Fsp3) is 0.600. The summed E-state index contributed by atoms with van der Waals surface area (Å²) >= 11 is 0. The smallest absolute Gasteiger partial charge is 0.329 e. The molecule has 0 bridgehead atoms. The molecule has 0 radical (unpaired) electrons. The van der Waals surface area contributed by atoms with Crippen LogP contribution in [0.1, 0.15) is 52.0 Å². The summed E-state index contributed by atoms with van der Waals surface area (Å²) in [5, 5.41) is 12.1. The van der Waals surface area contributed by atoms with Gasteiger partial charge in [-0.25, -0.2) is 4.79 Å².